The third kappa shape index (κ3) is 8.20. The molecule has 1 amide bonds. The average Bonchev–Trinajstić information content (AvgIpc) is 3.92. The molecule has 1 saturated heterocycles. The Morgan fingerprint density at radius 1 is 0.969 bits per heavy atom. The predicted octanol–water partition coefficient (Wildman–Crippen LogP) is 10.7. The molecule has 1 aliphatic heterocycles. The van der Waals surface area contributed by atoms with Gasteiger partial charge in [0, 0.05) is 29.2 Å². The van der Waals surface area contributed by atoms with Crippen LogP contribution < -0.4 is 9.47 Å². The van der Waals surface area contributed by atoms with Gasteiger partial charge in [-0.05, 0) is 106 Å². The number of ketones is 2. The molecule has 0 radical (unpaired) electrons. The molecule has 8 rings (SSSR count). The van der Waals surface area contributed by atoms with E-state index in [1.165, 1.54) is 0 Å². The number of halogens is 1. The molecule has 346 valence electrons. The van der Waals surface area contributed by atoms with Crippen molar-refractivity contribution in [2.24, 2.45) is 11.8 Å². The van der Waals surface area contributed by atoms with Crippen LogP contribution in [0.5, 0.6) is 11.6 Å². The summed E-state index contributed by atoms with van der Waals surface area (Å²) in [5.41, 5.74) is -0.703. The van der Waals surface area contributed by atoms with Crippen molar-refractivity contribution in [3.05, 3.63) is 117 Å². The first-order valence-electron chi connectivity index (χ1n) is 22.8. The van der Waals surface area contributed by atoms with Crippen LogP contribution >= 0.6 is 0 Å². The zero-order valence-corrected chi connectivity index (χ0v) is 40.2. The van der Waals surface area contributed by atoms with E-state index < -0.39 is 77.7 Å². The quantitative estimate of drug-likeness (QED) is 0.114. The minimum absolute atomic E-state index is 0.00155. The van der Waals surface area contributed by atoms with E-state index in [4.69, 9.17) is 23.2 Å². The van der Waals surface area contributed by atoms with Gasteiger partial charge in [-0.3, -0.25) is 14.5 Å². The highest BCUT2D eigenvalue weighted by molar-refractivity contribution is 6.74. The van der Waals surface area contributed by atoms with Gasteiger partial charge in [0.1, 0.15) is 41.7 Å². The first-order valence-corrected chi connectivity index (χ1v) is 25.7. The topological polar surface area (TPSA) is 141 Å². The molecule has 1 N–H and O–H groups in total. The van der Waals surface area contributed by atoms with E-state index in [2.05, 4.69) is 5.16 Å². The van der Waals surface area contributed by atoms with E-state index in [1.54, 1.807) is 31.7 Å². The summed E-state index contributed by atoms with van der Waals surface area (Å²) in [4.78, 5) is 49.0. The molecule has 0 spiro atoms. The highest BCUT2D eigenvalue weighted by Gasteiger charge is 2.69. The lowest BCUT2D eigenvalue weighted by Crippen LogP contribution is -2.68. The monoisotopic (exact) mass is 907 g/mol. The molecule has 3 aliphatic carbocycles. The van der Waals surface area contributed by atoms with Gasteiger partial charge in [-0.25, -0.2) is 9.18 Å². The second-order valence-electron chi connectivity index (χ2n) is 20.5. The molecule has 2 fully saturated rings. The molecule has 5 atom stereocenters. The Morgan fingerprint density at radius 3 is 2.20 bits per heavy atom. The van der Waals surface area contributed by atoms with Crippen LogP contribution in [-0.2, 0) is 33.6 Å². The molecule has 1 saturated carbocycles. The van der Waals surface area contributed by atoms with Crippen LogP contribution in [0, 0.1) is 17.7 Å². The lowest BCUT2D eigenvalue weighted by Gasteiger charge is -2.55. The number of ether oxygens (including phenoxy) is 3. The average molecular weight is 908 g/mol. The number of fused-ring (bicyclic) bond motifs is 4. The van der Waals surface area contributed by atoms with Crippen LogP contribution in [0.2, 0.25) is 18.1 Å². The van der Waals surface area contributed by atoms with Gasteiger partial charge in [-0.2, -0.15) is 0 Å². The number of rotatable bonds is 11. The van der Waals surface area contributed by atoms with E-state index in [9.17, 15) is 9.90 Å². The summed E-state index contributed by atoms with van der Waals surface area (Å²) in [5.74, 6) is -3.50. The summed E-state index contributed by atoms with van der Waals surface area (Å²) in [6.07, 6.45) is 0.754. The van der Waals surface area contributed by atoms with Crippen molar-refractivity contribution < 1.29 is 47.0 Å². The van der Waals surface area contributed by atoms with Crippen LogP contribution in [-0.4, -0.2) is 77.4 Å². The lowest BCUT2D eigenvalue weighted by atomic mass is 9.57. The van der Waals surface area contributed by atoms with E-state index in [0.717, 1.165) is 11.1 Å². The number of aliphatic hydroxyl groups is 1. The van der Waals surface area contributed by atoms with Gasteiger partial charge in [0.15, 0.2) is 19.7 Å². The third-order valence-corrected chi connectivity index (χ3v) is 18.6. The number of carbonyl (C=O) groups excluding carboxylic acids is 3. The first-order chi connectivity index (χ1) is 30.7. The SMILES string of the molecule is CCN(C)[C@@H]1c2onc(OCc3ccccc3)c2C(=O)[C@@]2(O[Si](C)(C)C(C)(C)C)C(=O)C3=C(O)c4c(OCc5ccccc5)cc(C5CCCN5C(=O)OC(C)(C)C)c(F)c4C[C@H]3C[C@@H]12. The zero-order chi connectivity index (χ0) is 46.8. The van der Waals surface area contributed by atoms with Crippen LogP contribution in [0.1, 0.15) is 124 Å². The number of benzene rings is 3. The van der Waals surface area contributed by atoms with E-state index >= 15 is 14.0 Å². The largest absolute Gasteiger partial charge is 0.507 e. The molecule has 4 aromatic rings. The summed E-state index contributed by atoms with van der Waals surface area (Å²) < 4.78 is 49.6. The second kappa shape index (κ2) is 17.2. The van der Waals surface area contributed by atoms with Crippen molar-refractivity contribution in [2.45, 2.75) is 129 Å². The number of nitrogens with zero attached hydrogens (tertiary/aromatic N) is 3. The Kier molecular flexibility index (Phi) is 12.2. The predicted molar refractivity (Wildman–Crippen MR) is 246 cm³/mol. The Balaban J connectivity index is 1.31. The molecule has 0 bridgehead atoms. The number of amides is 1. The number of aromatic nitrogens is 1. The minimum atomic E-state index is -3.01. The van der Waals surface area contributed by atoms with Gasteiger partial charge in [-0.1, -0.05) is 88.4 Å². The summed E-state index contributed by atoms with van der Waals surface area (Å²) in [5, 5.41) is 16.6. The van der Waals surface area contributed by atoms with Crippen molar-refractivity contribution in [3.63, 3.8) is 0 Å². The smallest absolute Gasteiger partial charge is 0.410 e. The Bertz CT molecular complexity index is 2510. The molecule has 12 nitrogen and oxygen atoms in total. The van der Waals surface area contributed by atoms with Crippen LogP contribution in [0.3, 0.4) is 0 Å². The van der Waals surface area contributed by atoms with E-state index in [0.29, 0.717) is 25.9 Å². The zero-order valence-electron chi connectivity index (χ0n) is 39.2. The van der Waals surface area contributed by atoms with Gasteiger partial charge in [0.2, 0.25) is 11.6 Å². The Hall–Kier alpha value is -5.31. The highest BCUT2D eigenvalue weighted by atomic mass is 28.4. The molecular weight excluding hydrogens is 846 g/mol. The van der Waals surface area contributed by atoms with Gasteiger partial charge in [0.25, 0.3) is 5.88 Å². The Labute approximate surface area is 382 Å². The molecule has 4 aliphatic rings. The minimum Gasteiger partial charge on any atom is -0.507 e. The Morgan fingerprint density at radius 2 is 1.60 bits per heavy atom. The van der Waals surface area contributed by atoms with E-state index in [-0.39, 0.29) is 71.3 Å². The molecule has 1 aromatic heterocycles. The van der Waals surface area contributed by atoms with Crippen molar-refractivity contribution in [3.8, 4) is 11.6 Å². The summed E-state index contributed by atoms with van der Waals surface area (Å²) >= 11 is 0. The maximum atomic E-state index is 17.7. The maximum Gasteiger partial charge on any atom is 0.410 e. The molecule has 65 heavy (non-hydrogen) atoms. The van der Waals surface area contributed by atoms with Crippen LogP contribution in [0.15, 0.2) is 76.8 Å². The van der Waals surface area contributed by atoms with Crippen LogP contribution in [0.4, 0.5) is 9.18 Å². The molecule has 2 heterocycles. The standard InChI is InChI=1S/C51H62FN3O9Si/c1-11-54(8)42-35-26-32-25-34-39(37(60-28-30-19-14-12-15-20-30)27-33(41(34)52)36-23-18-24-55(36)48(59)62-49(2,3)4)43(56)38(32)45(57)51(35,64-65(9,10)50(5,6)7)46(58)40-44(42)63-53-47(40)61-29-31-21-16-13-17-22-31/h12-17,19-22,27,32,35-36,42,56H,11,18,23-26,28-29H2,1-10H3/t32-,35-,36?,42-,51-/m0/s1. The number of hydrogen-bond donors (Lipinski definition) is 1. The normalized spacial score (nSPS) is 23.2. The number of likely N-dealkylation sites (tertiary alicyclic amines) is 1. The molecule has 3 aromatic carbocycles. The third-order valence-electron chi connectivity index (χ3n) is 14.1. The van der Waals surface area contributed by atoms with Crippen molar-refractivity contribution >= 4 is 31.7 Å². The number of hydrogen-bond acceptors (Lipinski definition) is 11. The first kappa shape index (κ1) is 46.2. The number of Topliss-reactive ketones (excluding diaryl/α,β-unsaturated/α-hetero) is 2. The van der Waals surface area contributed by atoms with Crippen molar-refractivity contribution in [1.29, 1.82) is 0 Å². The highest BCUT2D eigenvalue weighted by Crippen LogP contribution is 2.59. The summed E-state index contributed by atoms with van der Waals surface area (Å²) in [6, 6.07) is 19.1. The number of aliphatic hydroxyl groups excluding tert-OH is 1. The van der Waals surface area contributed by atoms with Gasteiger partial charge in [0.05, 0.1) is 17.6 Å². The fourth-order valence-corrected chi connectivity index (χ4v) is 11.3. The fourth-order valence-electron chi connectivity index (χ4n) is 9.83. The lowest BCUT2D eigenvalue weighted by molar-refractivity contribution is -0.141. The van der Waals surface area contributed by atoms with E-state index in [1.807, 2.05) is 113 Å². The van der Waals surface area contributed by atoms with Gasteiger partial charge < -0.3 is 33.2 Å². The summed E-state index contributed by atoms with van der Waals surface area (Å²) in [7, 11) is -1.11. The summed E-state index contributed by atoms with van der Waals surface area (Å²) in [6.45, 7) is 18.5. The van der Waals surface area contributed by atoms with Crippen molar-refractivity contribution in [2.75, 3.05) is 20.1 Å². The molecule has 1 unspecified atom stereocenters. The van der Waals surface area contributed by atoms with Crippen LogP contribution in [0.25, 0.3) is 5.76 Å². The molecular formula is C51H62FN3O9Si. The van der Waals surface area contributed by atoms with Gasteiger partial charge >= 0.3 is 6.09 Å². The van der Waals surface area contributed by atoms with Crippen molar-refractivity contribution in [1.82, 2.24) is 15.0 Å². The maximum absolute atomic E-state index is 17.7. The second-order valence-corrected chi connectivity index (χ2v) is 25.2. The molecule has 14 heteroatoms. The van der Waals surface area contributed by atoms with Gasteiger partial charge in [-0.15, -0.1) is 0 Å². The number of carbonyl (C=O) groups is 3. The fraction of sp³-hybridized carbons (Fsp3) is 0.490.